The highest BCUT2D eigenvalue weighted by atomic mass is 16.5. The summed E-state index contributed by atoms with van der Waals surface area (Å²) in [5.41, 5.74) is 6.26. The molecule has 1 aliphatic carbocycles. The second-order valence-corrected chi connectivity index (χ2v) is 5.63. The van der Waals surface area contributed by atoms with E-state index in [1.165, 1.54) is 0 Å². The summed E-state index contributed by atoms with van der Waals surface area (Å²) in [5.74, 6) is 1.14. The molecule has 120 valence electrons. The van der Waals surface area contributed by atoms with Crippen LogP contribution in [0.25, 0.3) is 0 Å². The first-order valence-electron chi connectivity index (χ1n) is 7.89. The second kappa shape index (κ2) is 7.94. The number of nitrogens with two attached hydrogens (primary N) is 1. The lowest BCUT2D eigenvalue weighted by Crippen LogP contribution is -2.41. The molecule has 1 aromatic carbocycles. The standard InChI is InChI=1S/C17H24N2O3/c1-2-22-14-7-5-13(6-8-14)16(20)9-10-17(21)19-15(11-18)12-3-4-12/h5-8,12,15H,2-4,9-11,18H2,1H3,(H,19,21). The molecule has 0 aromatic heterocycles. The Balaban J connectivity index is 1.77. The van der Waals surface area contributed by atoms with Crippen LogP contribution in [0, 0.1) is 5.92 Å². The zero-order valence-corrected chi connectivity index (χ0v) is 13.0. The van der Waals surface area contributed by atoms with Crippen LogP contribution in [0.4, 0.5) is 0 Å². The first-order chi connectivity index (χ1) is 10.6. The van der Waals surface area contributed by atoms with Gasteiger partial charge >= 0.3 is 0 Å². The minimum absolute atomic E-state index is 0.0334. The van der Waals surface area contributed by atoms with Crippen LogP contribution in [-0.4, -0.2) is 30.9 Å². The topological polar surface area (TPSA) is 81.4 Å². The summed E-state index contributed by atoms with van der Waals surface area (Å²) in [6.45, 7) is 2.97. The van der Waals surface area contributed by atoms with Gasteiger partial charge in [0.15, 0.2) is 5.78 Å². The Hall–Kier alpha value is -1.88. The molecule has 5 heteroatoms. The van der Waals surface area contributed by atoms with Crippen LogP contribution < -0.4 is 15.8 Å². The van der Waals surface area contributed by atoms with Crippen LogP contribution in [0.15, 0.2) is 24.3 Å². The van der Waals surface area contributed by atoms with Gasteiger partial charge in [0.25, 0.3) is 0 Å². The number of Topliss-reactive ketones (excluding diaryl/α,β-unsaturated/α-hetero) is 1. The molecule has 0 bridgehead atoms. The number of amides is 1. The molecule has 0 heterocycles. The Morgan fingerprint density at radius 3 is 2.50 bits per heavy atom. The third-order valence-electron chi connectivity index (χ3n) is 3.86. The maximum atomic E-state index is 12.1. The molecule has 0 aliphatic heterocycles. The van der Waals surface area contributed by atoms with Crippen LogP contribution in [0.1, 0.15) is 43.0 Å². The molecule has 1 saturated carbocycles. The summed E-state index contributed by atoms with van der Waals surface area (Å²) in [6.07, 6.45) is 2.68. The third kappa shape index (κ3) is 4.84. The first kappa shape index (κ1) is 16.5. The molecule has 1 atom stereocenters. The Morgan fingerprint density at radius 1 is 1.27 bits per heavy atom. The molecule has 1 amide bonds. The van der Waals surface area contributed by atoms with Crippen molar-refractivity contribution in [1.82, 2.24) is 5.32 Å². The smallest absolute Gasteiger partial charge is 0.220 e. The summed E-state index contributed by atoms with van der Waals surface area (Å²) in [4.78, 5) is 24.0. The van der Waals surface area contributed by atoms with Gasteiger partial charge in [-0.25, -0.2) is 0 Å². The van der Waals surface area contributed by atoms with Crippen molar-refractivity contribution < 1.29 is 14.3 Å². The van der Waals surface area contributed by atoms with Gasteiger partial charge in [-0.05, 0) is 49.9 Å². The van der Waals surface area contributed by atoms with E-state index < -0.39 is 0 Å². The molecular weight excluding hydrogens is 280 g/mol. The summed E-state index contributed by atoms with van der Waals surface area (Å²) >= 11 is 0. The van der Waals surface area contributed by atoms with Crippen LogP contribution in [0.5, 0.6) is 5.75 Å². The lowest BCUT2D eigenvalue weighted by atomic mass is 10.1. The molecule has 2 rings (SSSR count). The van der Waals surface area contributed by atoms with E-state index in [2.05, 4.69) is 5.32 Å². The number of ketones is 1. The van der Waals surface area contributed by atoms with Gasteiger partial charge in [0.2, 0.25) is 5.91 Å². The van der Waals surface area contributed by atoms with E-state index in [9.17, 15) is 9.59 Å². The fraction of sp³-hybridized carbons (Fsp3) is 0.529. The predicted molar refractivity (Wildman–Crippen MR) is 84.9 cm³/mol. The maximum absolute atomic E-state index is 12.1. The predicted octanol–water partition coefficient (Wildman–Crippen LogP) is 1.90. The average Bonchev–Trinajstić information content (AvgIpc) is 3.36. The largest absolute Gasteiger partial charge is 0.494 e. The minimum Gasteiger partial charge on any atom is -0.494 e. The van der Waals surface area contributed by atoms with E-state index in [1.54, 1.807) is 24.3 Å². The van der Waals surface area contributed by atoms with Gasteiger partial charge in [-0.2, -0.15) is 0 Å². The van der Waals surface area contributed by atoms with Crippen molar-refractivity contribution in [2.24, 2.45) is 11.7 Å². The lowest BCUT2D eigenvalue weighted by molar-refractivity contribution is -0.121. The van der Waals surface area contributed by atoms with Crippen molar-refractivity contribution in [3.05, 3.63) is 29.8 Å². The maximum Gasteiger partial charge on any atom is 0.220 e. The third-order valence-corrected chi connectivity index (χ3v) is 3.86. The molecule has 1 unspecified atom stereocenters. The molecule has 1 aromatic rings. The monoisotopic (exact) mass is 304 g/mol. The van der Waals surface area contributed by atoms with E-state index in [0.29, 0.717) is 24.6 Å². The van der Waals surface area contributed by atoms with Gasteiger partial charge in [-0.1, -0.05) is 0 Å². The number of ether oxygens (including phenoxy) is 1. The molecule has 1 aliphatic rings. The second-order valence-electron chi connectivity index (χ2n) is 5.63. The zero-order chi connectivity index (χ0) is 15.9. The summed E-state index contributed by atoms with van der Waals surface area (Å²) < 4.78 is 5.34. The zero-order valence-electron chi connectivity index (χ0n) is 13.0. The fourth-order valence-corrected chi connectivity index (χ4v) is 2.42. The van der Waals surface area contributed by atoms with Gasteiger partial charge in [0, 0.05) is 31.0 Å². The molecule has 3 N–H and O–H groups in total. The average molecular weight is 304 g/mol. The summed E-state index contributed by atoms with van der Waals surface area (Å²) in [6, 6.07) is 7.08. The lowest BCUT2D eigenvalue weighted by Gasteiger charge is -2.15. The van der Waals surface area contributed by atoms with Crippen LogP contribution >= 0.6 is 0 Å². The van der Waals surface area contributed by atoms with E-state index in [-0.39, 0.29) is 30.6 Å². The number of carbonyl (C=O) groups excluding carboxylic acids is 2. The molecule has 0 spiro atoms. The summed E-state index contributed by atoms with van der Waals surface area (Å²) in [7, 11) is 0. The van der Waals surface area contributed by atoms with Crippen molar-refractivity contribution in [1.29, 1.82) is 0 Å². The van der Waals surface area contributed by atoms with E-state index in [1.807, 2.05) is 6.92 Å². The van der Waals surface area contributed by atoms with Gasteiger partial charge in [0.1, 0.15) is 5.75 Å². The number of nitrogens with one attached hydrogen (secondary N) is 1. The van der Waals surface area contributed by atoms with Gasteiger partial charge in [0.05, 0.1) is 6.61 Å². The number of benzene rings is 1. The highest BCUT2D eigenvalue weighted by Gasteiger charge is 2.31. The summed E-state index contributed by atoms with van der Waals surface area (Å²) in [5, 5.41) is 2.93. The van der Waals surface area contributed by atoms with Crippen LogP contribution in [0.3, 0.4) is 0 Å². The molecule has 22 heavy (non-hydrogen) atoms. The number of hydrogen-bond donors (Lipinski definition) is 2. The Bertz CT molecular complexity index is 509. The van der Waals surface area contributed by atoms with Crippen molar-refractivity contribution in [2.75, 3.05) is 13.2 Å². The molecule has 0 saturated heterocycles. The van der Waals surface area contributed by atoms with Gasteiger partial charge in [-0.15, -0.1) is 0 Å². The normalized spacial score (nSPS) is 15.2. The molecule has 5 nitrogen and oxygen atoms in total. The van der Waals surface area contributed by atoms with E-state index >= 15 is 0 Å². The number of rotatable bonds is 9. The van der Waals surface area contributed by atoms with Crippen molar-refractivity contribution in [3.63, 3.8) is 0 Å². The quantitative estimate of drug-likeness (QED) is 0.683. The van der Waals surface area contributed by atoms with Crippen molar-refractivity contribution in [2.45, 2.75) is 38.6 Å². The van der Waals surface area contributed by atoms with Crippen molar-refractivity contribution >= 4 is 11.7 Å². The fourth-order valence-electron chi connectivity index (χ4n) is 2.42. The van der Waals surface area contributed by atoms with Crippen LogP contribution in [0.2, 0.25) is 0 Å². The highest BCUT2D eigenvalue weighted by molar-refractivity contribution is 5.98. The van der Waals surface area contributed by atoms with E-state index in [0.717, 1.165) is 18.6 Å². The molecule has 0 radical (unpaired) electrons. The number of hydrogen-bond acceptors (Lipinski definition) is 4. The van der Waals surface area contributed by atoms with Crippen LogP contribution in [-0.2, 0) is 4.79 Å². The molecule has 1 fully saturated rings. The van der Waals surface area contributed by atoms with Crippen molar-refractivity contribution in [3.8, 4) is 5.75 Å². The van der Waals surface area contributed by atoms with Gasteiger partial charge < -0.3 is 15.8 Å². The van der Waals surface area contributed by atoms with Gasteiger partial charge in [-0.3, -0.25) is 9.59 Å². The Kier molecular flexibility index (Phi) is 5.95. The number of carbonyl (C=O) groups is 2. The van der Waals surface area contributed by atoms with E-state index in [4.69, 9.17) is 10.5 Å². The Labute approximate surface area is 131 Å². The Morgan fingerprint density at radius 2 is 1.95 bits per heavy atom. The SMILES string of the molecule is CCOc1ccc(C(=O)CCC(=O)NC(CN)C2CC2)cc1. The molecular formula is C17H24N2O3. The first-order valence-corrected chi connectivity index (χ1v) is 7.89. The minimum atomic E-state index is -0.0957. The highest BCUT2D eigenvalue weighted by Crippen LogP contribution is 2.32.